The number of urea groups is 1. The fourth-order valence-corrected chi connectivity index (χ4v) is 3.38. The Morgan fingerprint density at radius 2 is 1.79 bits per heavy atom. The van der Waals surface area contributed by atoms with Crippen molar-refractivity contribution in [2.75, 3.05) is 45.3 Å². The van der Waals surface area contributed by atoms with Gasteiger partial charge in [0.05, 0.1) is 19.1 Å². The first-order valence-electron chi connectivity index (χ1n) is 9.88. The first-order chi connectivity index (χ1) is 14.0. The first kappa shape index (κ1) is 19.2. The van der Waals surface area contributed by atoms with E-state index in [0.717, 1.165) is 41.6 Å². The first-order valence-corrected chi connectivity index (χ1v) is 9.88. The number of rotatable bonds is 5. The normalized spacial score (nSPS) is 16.6. The molecular formula is C22H27N3O4. The molecule has 7 nitrogen and oxygen atoms in total. The molecule has 2 aromatic rings. The fourth-order valence-electron chi connectivity index (χ4n) is 3.38. The zero-order chi connectivity index (χ0) is 20.4. The van der Waals surface area contributed by atoms with E-state index < -0.39 is 0 Å². The van der Waals surface area contributed by atoms with E-state index in [1.165, 1.54) is 4.90 Å². The Bertz CT molecular complexity index is 863. The van der Waals surface area contributed by atoms with Gasteiger partial charge in [0.15, 0.2) is 11.5 Å². The lowest BCUT2D eigenvalue weighted by Crippen LogP contribution is -2.54. The maximum absolute atomic E-state index is 11.8. The molecule has 0 radical (unpaired) electrons. The minimum Gasteiger partial charge on any atom is -0.487 e. The molecule has 0 aromatic heterocycles. The summed E-state index contributed by atoms with van der Waals surface area (Å²) in [5.74, 6) is 2.46. The third-order valence-electron chi connectivity index (χ3n) is 5.17. The Balaban J connectivity index is 1.29. The summed E-state index contributed by atoms with van der Waals surface area (Å²) < 4.78 is 17.3. The third kappa shape index (κ3) is 4.34. The van der Waals surface area contributed by atoms with Gasteiger partial charge in [-0.15, -0.1) is 0 Å². The molecule has 4 rings (SSSR count). The zero-order valence-corrected chi connectivity index (χ0v) is 17.1. The summed E-state index contributed by atoms with van der Waals surface area (Å²) in [5, 5.41) is 2.94. The van der Waals surface area contributed by atoms with Crippen LogP contribution in [-0.2, 0) is 0 Å². The van der Waals surface area contributed by atoms with E-state index in [-0.39, 0.29) is 18.2 Å². The van der Waals surface area contributed by atoms with Crippen LogP contribution in [0.1, 0.15) is 18.5 Å². The quantitative estimate of drug-likeness (QED) is 0.840. The monoisotopic (exact) mass is 397 g/mol. The Labute approximate surface area is 171 Å². The summed E-state index contributed by atoms with van der Waals surface area (Å²) in [6.07, 6.45) is 0.153. The molecule has 2 heterocycles. The standard InChI is InChI=1S/C22H27N3O4/c1-15(23-22(26)24(2)3)16-4-7-18(8-5-16)29-19-13-25(14-19)17-6-9-20-21(12-17)28-11-10-27-20/h4-9,12,15,19H,10-11,13-14H2,1-3H3,(H,23,26)/t15-/m0/s1. The van der Waals surface area contributed by atoms with Gasteiger partial charge in [-0.1, -0.05) is 12.1 Å². The number of nitrogens with one attached hydrogen (secondary N) is 1. The van der Waals surface area contributed by atoms with Gasteiger partial charge in [-0.25, -0.2) is 4.79 Å². The lowest BCUT2D eigenvalue weighted by atomic mass is 10.1. The number of nitrogens with zero attached hydrogens (tertiary/aromatic N) is 2. The topological polar surface area (TPSA) is 63.3 Å². The van der Waals surface area contributed by atoms with Gasteiger partial charge in [-0.05, 0) is 36.8 Å². The Morgan fingerprint density at radius 3 is 2.48 bits per heavy atom. The van der Waals surface area contributed by atoms with Crippen molar-refractivity contribution in [3.8, 4) is 17.2 Å². The van der Waals surface area contributed by atoms with Crippen LogP contribution in [0.4, 0.5) is 10.5 Å². The van der Waals surface area contributed by atoms with E-state index in [0.29, 0.717) is 13.2 Å². The van der Waals surface area contributed by atoms with Crippen LogP contribution in [0.5, 0.6) is 17.2 Å². The summed E-state index contributed by atoms with van der Waals surface area (Å²) in [6, 6.07) is 13.8. The van der Waals surface area contributed by atoms with Crippen molar-refractivity contribution in [2.45, 2.75) is 19.1 Å². The molecule has 0 bridgehead atoms. The van der Waals surface area contributed by atoms with Crippen LogP contribution < -0.4 is 24.4 Å². The van der Waals surface area contributed by atoms with Gasteiger partial charge in [-0.2, -0.15) is 0 Å². The second-order valence-corrected chi connectivity index (χ2v) is 7.61. The zero-order valence-electron chi connectivity index (χ0n) is 17.1. The second kappa shape index (κ2) is 8.11. The molecule has 1 saturated heterocycles. The molecule has 7 heteroatoms. The van der Waals surface area contributed by atoms with Gasteiger partial charge in [0, 0.05) is 25.8 Å². The highest BCUT2D eigenvalue weighted by atomic mass is 16.6. The van der Waals surface area contributed by atoms with Crippen molar-refractivity contribution in [1.82, 2.24) is 10.2 Å². The highest BCUT2D eigenvalue weighted by molar-refractivity contribution is 5.74. The maximum atomic E-state index is 11.8. The van der Waals surface area contributed by atoms with Gasteiger partial charge in [-0.3, -0.25) is 0 Å². The van der Waals surface area contributed by atoms with E-state index in [2.05, 4.69) is 16.3 Å². The number of ether oxygens (including phenoxy) is 3. The average molecular weight is 397 g/mol. The van der Waals surface area contributed by atoms with Crippen molar-refractivity contribution < 1.29 is 19.0 Å². The summed E-state index contributed by atoms with van der Waals surface area (Å²) >= 11 is 0. The number of anilines is 1. The molecule has 2 amide bonds. The number of benzene rings is 2. The van der Waals surface area contributed by atoms with Crippen molar-refractivity contribution in [3.05, 3.63) is 48.0 Å². The fraction of sp³-hybridized carbons (Fsp3) is 0.409. The number of amides is 2. The van der Waals surface area contributed by atoms with Gasteiger partial charge in [0.25, 0.3) is 0 Å². The SMILES string of the molecule is C[C@H](NC(=O)N(C)C)c1ccc(OC2CN(c3ccc4c(c3)OCCO4)C2)cc1. The van der Waals surface area contributed by atoms with E-state index >= 15 is 0 Å². The molecule has 0 spiro atoms. The molecule has 1 atom stereocenters. The number of fused-ring (bicyclic) bond motifs is 1. The van der Waals surface area contributed by atoms with E-state index in [1.807, 2.05) is 43.3 Å². The number of hydrogen-bond donors (Lipinski definition) is 1. The third-order valence-corrected chi connectivity index (χ3v) is 5.17. The molecule has 2 aliphatic rings. The molecule has 0 unspecified atom stereocenters. The molecule has 29 heavy (non-hydrogen) atoms. The minimum absolute atomic E-state index is 0.0617. The average Bonchev–Trinajstić information content (AvgIpc) is 2.70. The number of carbonyl (C=O) groups is 1. The van der Waals surface area contributed by atoms with Crippen LogP contribution in [0.15, 0.2) is 42.5 Å². The van der Waals surface area contributed by atoms with Crippen LogP contribution in [0.2, 0.25) is 0 Å². The molecule has 0 aliphatic carbocycles. The van der Waals surface area contributed by atoms with Crippen molar-refractivity contribution in [3.63, 3.8) is 0 Å². The molecule has 2 aliphatic heterocycles. The van der Waals surface area contributed by atoms with Gasteiger partial charge in [0.1, 0.15) is 25.1 Å². The summed E-state index contributed by atoms with van der Waals surface area (Å²) in [7, 11) is 3.46. The summed E-state index contributed by atoms with van der Waals surface area (Å²) in [4.78, 5) is 15.6. The van der Waals surface area contributed by atoms with Gasteiger partial charge < -0.3 is 29.3 Å². The lowest BCUT2D eigenvalue weighted by molar-refractivity contribution is 0.165. The van der Waals surface area contributed by atoms with E-state index in [1.54, 1.807) is 14.1 Å². The van der Waals surface area contributed by atoms with Crippen LogP contribution in [0.3, 0.4) is 0 Å². The summed E-state index contributed by atoms with van der Waals surface area (Å²) in [5.41, 5.74) is 2.16. The largest absolute Gasteiger partial charge is 0.487 e. The molecule has 0 saturated carbocycles. The van der Waals surface area contributed by atoms with Crippen molar-refractivity contribution in [2.24, 2.45) is 0 Å². The number of carbonyl (C=O) groups excluding carboxylic acids is 1. The van der Waals surface area contributed by atoms with Gasteiger partial charge >= 0.3 is 6.03 Å². The predicted octanol–water partition coefficient (Wildman–Crippen LogP) is 3.06. The van der Waals surface area contributed by atoms with E-state index in [9.17, 15) is 4.79 Å². The van der Waals surface area contributed by atoms with Crippen LogP contribution in [0, 0.1) is 0 Å². The summed E-state index contributed by atoms with van der Waals surface area (Å²) in [6.45, 7) is 4.82. The van der Waals surface area contributed by atoms with E-state index in [4.69, 9.17) is 14.2 Å². The van der Waals surface area contributed by atoms with Gasteiger partial charge in [0.2, 0.25) is 0 Å². The molecule has 154 valence electrons. The molecule has 1 fully saturated rings. The van der Waals surface area contributed by atoms with Crippen molar-refractivity contribution >= 4 is 11.7 Å². The Kier molecular flexibility index (Phi) is 5.38. The second-order valence-electron chi connectivity index (χ2n) is 7.61. The predicted molar refractivity (Wildman–Crippen MR) is 111 cm³/mol. The van der Waals surface area contributed by atoms with Crippen LogP contribution in [0.25, 0.3) is 0 Å². The van der Waals surface area contributed by atoms with Crippen LogP contribution >= 0.6 is 0 Å². The lowest BCUT2D eigenvalue weighted by Gasteiger charge is -2.41. The smallest absolute Gasteiger partial charge is 0.317 e. The Hall–Kier alpha value is -3.09. The highest BCUT2D eigenvalue weighted by Gasteiger charge is 2.29. The maximum Gasteiger partial charge on any atom is 0.317 e. The highest BCUT2D eigenvalue weighted by Crippen LogP contribution is 2.35. The minimum atomic E-state index is -0.105. The number of hydrogen-bond acceptors (Lipinski definition) is 5. The molecular weight excluding hydrogens is 370 g/mol. The van der Waals surface area contributed by atoms with Crippen LogP contribution in [-0.4, -0.2) is 57.4 Å². The molecule has 1 N–H and O–H groups in total. The Morgan fingerprint density at radius 1 is 1.10 bits per heavy atom. The van der Waals surface area contributed by atoms with Crippen molar-refractivity contribution in [1.29, 1.82) is 0 Å². The molecule has 2 aromatic carbocycles.